The van der Waals surface area contributed by atoms with E-state index < -0.39 is 0 Å². The number of thiophene rings is 1. The van der Waals surface area contributed by atoms with Gasteiger partial charge in [0.25, 0.3) is 0 Å². The largest absolute Gasteiger partial charge is 0.459 e. The lowest BCUT2D eigenvalue weighted by Gasteiger charge is -2.34. The number of fused-ring (bicyclic) bond motifs is 1. The summed E-state index contributed by atoms with van der Waals surface area (Å²) in [4.78, 5) is 18.1. The van der Waals surface area contributed by atoms with E-state index in [9.17, 15) is 4.79 Å². The molecule has 5 nitrogen and oxygen atoms in total. The van der Waals surface area contributed by atoms with E-state index in [4.69, 9.17) is 4.42 Å². The van der Waals surface area contributed by atoms with Crippen LogP contribution in [0.2, 0.25) is 0 Å². The van der Waals surface area contributed by atoms with Crippen LogP contribution < -0.4 is 5.32 Å². The number of rotatable bonds is 4. The van der Waals surface area contributed by atoms with Crippen LogP contribution in [0, 0.1) is 6.92 Å². The summed E-state index contributed by atoms with van der Waals surface area (Å²) < 4.78 is 5.87. The maximum absolute atomic E-state index is 12.5. The molecular weight excluding hydrogens is 346 g/mol. The topological polar surface area (TPSA) is 48.7 Å². The number of amides is 2. The summed E-state index contributed by atoms with van der Waals surface area (Å²) in [6.45, 7) is 6.79. The molecule has 1 aliphatic heterocycles. The third-order valence-electron chi connectivity index (χ3n) is 4.96. The van der Waals surface area contributed by atoms with E-state index in [0.29, 0.717) is 6.54 Å². The van der Waals surface area contributed by atoms with E-state index in [1.165, 1.54) is 4.88 Å². The first-order valence-corrected chi connectivity index (χ1v) is 9.83. The van der Waals surface area contributed by atoms with Crippen LogP contribution in [-0.4, -0.2) is 42.0 Å². The first-order chi connectivity index (χ1) is 12.7. The summed E-state index contributed by atoms with van der Waals surface area (Å²) in [6, 6.07) is 12.2. The lowest BCUT2D eigenvalue weighted by molar-refractivity contribution is 0.135. The molecule has 0 atom stereocenters. The monoisotopic (exact) mass is 369 g/mol. The van der Waals surface area contributed by atoms with Crippen LogP contribution in [0.3, 0.4) is 0 Å². The number of para-hydroxylation sites is 1. The first-order valence-electron chi connectivity index (χ1n) is 8.95. The van der Waals surface area contributed by atoms with Crippen molar-refractivity contribution in [3.63, 3.8) is 0 Å². The Balaban J connectivity index is 1.29. The second-order valence-electron chi connectivity index (χ2n) is 6.65. The molecule has 3 aromatic rings. The van der Waals surface area contributed by atoms with Crippen molar-refractivity contribution >= 4 is 28.3 Å². The molecule has 1 fully saturated rings. The number of urea groups is 1. The molecule has 2 amide bonds. The molecule has 26 heavy (non-hydrogen) atoms. The highest BCUT2D eigenvalue weighted by Crippen LogP contribution is 2.24. The van der Waals surface area contributed by atoms with Crippen molar-refractivity contribution < 1.29 is 9.21 Å². The number of carbonyl (C=O) groups excluding carboxylic acids is 1. The van der Waals surface area contributed by atoms with Gasteiger partial charge in [0.2, 0.25) is 0 Å². The van der Waals surface area contributed by atoms with E-state index in [1.807, 2.05) is 36.1 Å². The second-order valence-corrected chi connectivity index (χ2v) is 7.68. The van der Waals surface area contributed by atoms with Crippen LogP contribution in [0.4, 0.5) is 4.79 Å². The highest BCUT2D eigenvalue weighted by atomic mass is 32.1. The zero-order chi connectivity index (χ0) is 17.9. The number of piperazine rings is 1. The summed E-state index contributed by atoms with van der Waals surface area (Å²) in [5, 5.41) is 6.23. The fraction of sp³-hybridized carbons (Fsp3) is 0.350. The third kappa shape index (κ3) is 3.61. The number of furan rings is 1. The lowest BCUT2D eigenvalue weighted by Crippen LogP contribution is -2.51. The van der Waals surface area contributed by atoms with Gasteiger partial charge in [0.15, 0.2) is 0 Å². The molecule has 1 N–H and O–H groups in total. The van der Waals surface area contributed by atoms with Gasteiger partial charge in [0.05, 0.1) is 6.54 Å². The van der Waals surface area contributed by atoms with Gasteiger partial charge in [-0.25, -0.2) is 4.79 Å². The zero-order valence-corrected chi connectivity index (χ0v) is 15.7. The lowest BCUT2D eigenvalue weighted by atomic mass is 10.1. The number of hydrogen-bond acceptors (Lipinski definition) is 4. The van der Waals surface area contributed by atoms with Crippen LogP contribution in [-0.2, 0) is 13.1 Å². The normalized spacial score (nSPS) is 15.5. The molecule has 0 aliphatic carbocycles. The first kappa shape index (κ1) is 17.1. The van der Waals surface area contributed by atoms with Crippen molar-refractivity contribution in [2.45, 2.75) is 20.0 Å². The van der Waals surface area contributed by atoms with Gasteiger partial charge in [-0.15, -0.1) is 11.3 Å². The molecule has 6 heteroatoms. The Morgan fingerprint density at radius 3 is 2.69 bits per heavy atom. The number of nitrogens with zero attached hydrogens (tertiary/aromatic N) is 2. The Kier molecular flexibility index (Phi) is 4.95. The van der Waals surface area contributed by atoms with Crippen LogP contribution in [0.5, 0.6) is 0 Å². The molecular formula is C20H23N3O2S. The van der Waals surface area contributed by atoms with E-state index in [1.54, 1.807) is 11.3 Å². The maximum atomic E-state index is 12.5. The van der Waals surface area contributed by atoms with E-state index in [2.05, 4.69) is 27.7 Å². The minimum Gasteiger partial charge on any atom is -0.459 e. The summed E-state index contributed by atoms with van der Waals surface area (Å²) in [7, 11) is 0. The maximum Gasteiger partial charge on any atom is 0.317 e. The average molecular weight is 369 g/mol. The Morgan fingerprint density at radius 1 is 1.15 bits per heavy atom. The predicted molar refractivity (Wildman–Crippen MR) is 104 cm³/mol. The van der Waals surface area contributed by atoms with Crippen molar-refractivity contribution in [1.82, 2.24) is 15.1 Å². The Hall–Kier alpha value is -2.31. The summed E-state index contributed by atoms with van der Waals surface area (Å²) >= 11 is 1.79. The minimum absolute atomic E-state index is 0.0133. The van der Waals surface area contributed by atoms with Gasteiger partial charge < -0.3 is 14.6 Å². The molecule has 3 heterocycles. The summed E-state index contributed by atoms with van der Waals surface area (Å²) in [5.74, 6) is 0.830. The standard InChI is InChI=1S/C20H23N3O2S/c1-15-17-6-2-3-7-18(17)25-19(15)13-21-20(24)23-10-8-22(9-11-23)14-16-5-4-12-26-16/h2-7,12H,8-11,13-14H2,1H3,(H,21,24). The average Bonchev–Trinajstić information content (AvgIpc) is 3.29. The van der Waals surface area contributed by atoms with Gasteiger partial charge in [0.1, 0.15) is 11.3 Å². The predicted octanol–water partition coefficient (Wildman–Crippen LogP) is 3.83. The fourth-order valence-corrected chi connectivity index (χ4v) is 4.14. The zero-order valence-electron chi connectivity index (χ0n) is 14.9. The van der Waals surface area contributed by atoms with Crippen LogP contribution in [0.25, 0.3) is 11.0 Å². The summed E-state index contributed by atoms with van der Waals surface area (Å²) in [5.41, 5.74) is 1.97. The fourth-order valence-electron chi connectivity index (χ4n) is 3.39. The molecule has 0 unspecified atom stereocenters. The van der Waals surface area contributed by atoms with Crippen LogP contribution in [0.1, 0.15) is 16.2 Å². The number of benzene rings is 1. The van der Waals surface area contributed by atoms with Crippen molar-refractivity contribution in [3.8, 4) is 0 Å². The van der Waals surface area contributed by atoms with E-state index in [-0.39, 0.29) is 6.03 Å². The highest BCUT2D eigenvalue weighted by Gasteiger charge is 2.21. The SMILES string of the molecule is Cc1c(CNC(=O)N2CCN(Cc3cccs3)CC2)oc2ccccc12. The molecule has 2 aromatic heterocycles. The number of hydrogen-bond donors (Lipinski definition) is 1. The van der Waals surface area contributed by atoms with Crippen LogP contribution >= 0.6 is 11.3 Å². The number of aryl methyl sites for hydroxylation is 1. The molecule has 0 spiro atoms. The molecule has 1 aromatic carbocycles. The highest BCUT2D eigenvalue weighted by molar-refractivity contribution is 7.09. The quantitative estimate of drug-likeness (QED) is 0.760. The Bertz CT molecular complexity index is 880. The smallest absolute Gasteiger partial charge is 0.317 e. The molecule has 0 radical (unpaired) electrons. The van der Waals surface area contributed by atoms with Crippen molar-refractivity contribution in [2.24, 2.45) is 0 Å². The molecule has 0 saturated carbocycles. The van der Waals surface area contributed by atoms with Gasteiger partial charge in [-0.2, -0.15) is 0 Å². The third-order valence-corrected chi connectivity index (χ3v) is 5.82. The van der Waals surface area contributed by atoms with Gasteiger partial charge in [-0.1, -0.05) is 24.3 Å². The van der Waals surface area contributed by atoms with E-state index in [0.717, 1.165) is 55.0 Å². The molecule has 0 bridgehead atoms. The van der Waals surface area contributed by atoms with Gasteiger partial charge >= 0.3 is 6.03 Å². The number of carbonyl (C=O) groups is 1. The van der Waals surface area contributed by atoms with Gasteiger partial charge in [-0.3, -0.25) is 4.90 Å². The number of nitrogens with one attached hydrogen (secondary N) is 1. The minimum atomic E-state index is -0.0133. The molecule has 4 rings (SSSR count). The second kappa shape index (κ2) is 7.51. The summed E-state index contributed by atoms with van der Waals surface area (Å²) in [6.07, 6.45) is 0. The van der Waals surface area contributed by atoms with Crippen molar-refractivity contribution in [1.29, 1.82) is 0 Å². The Morgan fingerprint density at radius 2 is 1.96 bits per heavy atom. The van der Waals surface area contributed by atoms with Crippen LogP contribution in [0.15, 0.2) is 46.2 Å². The molecule has 1 saturated heterocycles. The molecule has 136 valence electrons. The molecule has 1 aliphatic rings. The van der Waals surface area contributed by atoms with Crippen molar-refractivity contribution in [2.75, 3.05) is 26.2 Å². The van der Waals surface area contributed by atoms with Gasteiger partial charge in [0, 0.05) is 48.6 Å². The Labute approximate surface area is 157 Å². The van der Waals surface area contributed by atoms with E-state index >= 15 is 0 Å². The van der Waals surface area contributed by atoms with Crippen molar-refractivity contribution in [3.05, 3.63) is 58.0 Å². The van der Waals surface area contributed by atoms with Gasteiger partial charge in [-0.05, 0) is 24.4 Å².